The van der Waals surface area contributed by atoms with E-state index in [1.807, 2.05) is 45.0 Å². The molecule has 0 radical (unpaired) electrons. The van der Waals surface area contributed by atoms with Crippen molar-refractivity contribution in [2.75, 3.05) is 0 Å². The van der Waals surface area contributed by atoms with Gasteiger partial charge in [0.1, 0.15) is 18.1 Å². The maximum absolute atomic E-state index is 5.91. The predicted octanol–water partition coefficient (Wildman–Crippen LogP) is 2.89. The number of benzene rings is 1. The van der Waals surface area contributed by atoms with E-state index in [-0.39, 0.29) is 6.04 Å². The van der Waals surface area contributed by atoms with Gasteiger partial charge in [0, 0.05) is 11.6 Å². The Bertz CT molecular complexity index is 513. The molecule has 0 unspecified atom stereocenters. The molecule has 0 saturated heterocycles. The quantitative estimate of drug-likeness (QED) is 0.901. The first-order valence-electron chi connectivity index (χ1n) is 5.98. The van der Waals surface area contributed by atoms with Crippen LogP contribution in [0, 0.1) is 13.8 Å². The zero-order chi connectivity index (χ0) is 13.1. The zero-order valence-electron chi connectivity index (χ0n) is 10.9. The highest BCUT2D eigenvalue weighted by molar-refractivity contribution is 5.35. The number of aromatic nitrogens is 1. The Kier molecular flexibility index (Phi) is 3.67. The Hall–Kier alpha value is -1.81. The lowest BCUT2D eigenvalue weighted by Crippen LogP contribution is -2.08. The second-order valence-corrected chi connectivity index (χ2v) is 4.42. The average Bonchev–Trinajstić information content (AvgIpc) is 2.67. The molecule has 0 spiro atoms. The standard InChI is InChI=1S/C14H18N2O2/c1-9(15)12-6-4-5-7-14(12)17-8-13-10(2)16-18-11(13)3/h4-7,9H,8,15H2,1-3H3/t9-/m1/s1. The van der Waals surface area contributed by atoms with Crippen molar-refractivity contribution in [2.45, 2.75) is 33.4 Å². The second kappa shape index (κ2) is 5.23. The van der Waals surface area contributed by atoms with Crippen LogP contribution < -0.4 is 10.5 Å². The molecule has 0 amide bonds. The van der Waals surface area contributed by atoms with Gasteiger partial charge in [-0.05, 0) is 26.8 Å². The van der Waals surface area contributed by atoms with Crippen molar-refractivity contribution in [2.24, 2.45) is 5.73 Å². The van der Waals surface area contributed by atoms with Crippen molar-refractivity contribution < 1.29 is 9.26 Å². The first-order chi connectivity index (χ1) is 8.59. The molecular weight excluding hydrogens is 228 g/mol. The van der Waals surface area contributed by atoms with Crippen LogP contribution >= 0.6 is 0 Å². The number of para-hydroxylation sites is 1. The third-order valence-corrected chi connectivity index (χ3v) is 2.96. The molecule has 0 aliphatic heterocycles. The van der Waals surface area contributed by atoms with Gasteiger partial charge in [0.2, 0.25) is 0 Å². The summed E-state index contributed by atoms with van der Waals surface area (Å²) in [7, 11) is 0. The van der Waals surface area contributed by atoms with Crippen LogP contribution in [0.1, 0.15) is 35.5 Å². The lowest BCUT2D eigenvalue weighted by Gasteiger charge is -2.13. The molecule has 18 heavy (non-hydrogen) atoms. The fraction of sp³-hybridized carbons (Fsp3) is 0.357. The van der Waals surface area contributed by atoms with Gasteiger partial charge in [-0.3, -0.25) is 0 Å². The van der Waals surface area contributed by atoms with E-state index >= 15 is 0 Å². The Morgan fingerprint density at radius 3 is 2.67 bits per heavy atom. The molecule has 0 aliphatic carbocycles. The molecule has 1 atom stereocenters. The van der Waals surface area contributed by atoms with Crippen molar-refractivity contribution in [1.82, 2.24) is 5.16 Å². The van der Waals surface area contributed by atoms with Gasteiger partial charge in [-0.1, -0.05) is 23.4 Å². The Morgan fingerprint density at radius 1 is 1.33 bits per heavy atom. The third-order valence-electron chi connectivity index (χ3n) is 2.96. The van der Waals surface area contributed by atoms with Gasteiger partial charge < -0.3 is 15.0 Å². The summed E-state index contributed by atoms with van der Waals surface area (Å²) in [6, 6.07) is 7.76. The van der Waals surface area contributed by atoms with E-state index in [0.29, 0.717) is 6.61 Å². The lowest BCUT2D eigenvalue weighted by atomic mass is 10.1. The summed E-state index contributed by atoms with van der Waals surface area (Å²) in [4.78, 5) is 0. The molecule has 2 aromatic rings. The molecule has 96 valence electrons. The number of aryl methyl sites for hydroxylation is 2. The maximum atomic E-state index is 5.91. The molecule has 2 rings (SSSR count). The van der Waals surface area contributed by atoms with Crippen molar-refractivity contribution >= 4 is 0 Å². The van der Waals surface area contributed by atoms with E-state index in [9.17, 15) is 0 Å². The smallest absolute Gasteiger partial charge is 0.140 e. The third kappa shape index (κ3) is 2.54. The Morgan fingerprint density at radius 2 is 2.06 bits per heavy atom. The molecule has 0 aliphatic rings. The monoisotopic (exact) mass is 246 g/mol. The van der Waals surface area contributed by atoms with E-state index in [0.717, 1.165) is 28.3 Å². The molecule has 4 heteroatoms. The Balaban J connectivity index is 2.16. The predicted molar refractivity (Wildman–Crippen MR) is 69.4 cm³/mol. The zero-order valence-corrected chi connectivity index (χ0v) is 10.9. The molecular formula is C14H18N2O2. The molecule has 1 heterocycles. The first kappa shape index (κ1) is 12.6. The van der Waals surface area contributed by atoms with Crippen molar-refractivity contribution in [1.29, 1.82) is 0 Å². The van der Waals surface area contributed by atoms with Crippen LogP contribution in [0.5, 0.6) is 5.75 Å². The van der Waals surface area contributed by atoms with E-state index in [4.69, 9.17) is 15.0 Å². The fourth-order valence-electron chi connectivity index (χ4n) is 1.85. The summed E-state index contributed by atoms with van der Waals surface area (Å²) in [6.45, 7) is 6.19. The average molecular weight is 246 g/mol. The minimum absolute atomic E-state index is 0.0501. The maximum Gasteiger partial charge on any atom is 0.140 e. The molecule has 0 bridgehead atoms. The highest BCUT2D eigenvalue weighted by Crippen LogP contribution is 2.25. The van der Waals surface area contributed by atoms with Crippen molar-refractivity contribution in [3.05, 3.63) is 46.8 Å². The summed E-state index contributed by atoms with van der Waals surface area (Å²) in [5.41, 5.74) is 8.78. The number of hydrogen-bond acceptors (Lipinski definition) is 4. The van der Waals surface area contributed by atoms with Gasteiger partial charge in [-0.15, -0.1) is 0 Å². The van der Waals surface area contributed by atoms with Gasteiger partial charge >= 0.3 is 0 Å². The van der Waals surface area contributed by atoms with E-state index in [1.165, 1.54) is 0 Å². The second-order valence-electron chi connectivity index (χ2n) is 4.42. The van der Waals surface area contributed by atoms with Crippen LogP contribution in [0.2, 0.25) is 0 Å². The number of nitrogens with zero attached hydrogens (tertiary/aromatic N) is 1. The fourth-order valence-corrected chi connectivity index (χ4v) is 1.85. The van der Waals surface area contributed by atoms with Gasteiger partial charge in [-0.2, -0.15) is 0 Å². The Labute approximate surface area is 107 Å². The normalized spacial score (nSPS) is 12.4. The minimum Gasteiger partial charge on any atom is -0.488 e. The van der Waals surface area contributed by atoms with E-state index in [2.05, 4.69) is 5.16 Å². The highest BCUT2D eigenvalue weighted by Gasteiger charge is 2.12. The van der Waals surface area contributed by atoms with Crippen LogP contribution in [0.3, 0.4) is 0 Å². The summed E-state index contributed by atoms with van der Waals surface area (Å²) < 4.78 is 10.9. The van der Waals surface area contributed by atoms with Crippen molar-refractivity contribution in [3.63, 3.8) is 0 Å². The van der Waals surface area contributed by atoms with Crippen LogP contribution in [0.25, 0.3) is 0 Å². The van der Waals surface area contributed by atoms with Gasteiger partial charge in [0.25, 0.3) is 0 Å². The topological polar surface area (TPSA) is 61.3 Å². The molecule has 4 nitrogen and oxygen atoms in total. The first-order valence-corrected chi connectivity index (χ1v) is 5.98. The van der Waals surface area contributed by atoms with Crippen LogP contribution in [-0.2, 0) is 6.61 Å². The van der Waals surface area contributed by atoms with Crippen LogP contribution in [-0.4, -0.2) is 5.16 Å². The lowest BCUT2D eigenvalue weighted by molar-refractivity contribution is 0.297. The number of hydrogen-bond donors (Lipinski definition) is 1. The van der Waals surface area contributed by atoms with Crippen LogP contribution in [0.4, 0.5) is 0 Å². The minimum atomic E-state index is -0.0501. The SMILES string of the molecule is Cc1noc(C)c1COc1ccccc1[C@@H](C)N. The molecule has 2 N–H and O–H groups in total. The van der Waals surface area contributed by atoms with E-state index in [1.54, 1.807) is 0 Å². The summed E-state index contributed by atoms with van der Waals surface area (Å²) >= 11 is 0. The molecule has 0 saturated carbocycles. The molecule has 0 fully saturated rings. The molecule has 1 aromatic heterocycles. The largest absolute Gasteiger partial charge is 0.488 e. The summed E-state index contributed by atoms with van der Waals surface area (Å²) in [5.74, 6) is 1.61. The summed E-state index contributed by atoms with van der Waals surface area (Å²) in [6.07, 6.45) is 0. The van der Waals surface area contributed by atoms with Gasteiger partial charge in [-0.25, -0.2) is 0 Å². The number of nitrogens with two attached hydrogens (primary N) is 1. The highest BCUT2D eigenvalue weighted by atomic mass is 16.5. The van der Waals surface area contributed by atoms with Crippen molar-refractivity contribution in [3.8, 4) is 5.75 Å². The summed E-state index contributed by atoms with van der Waals surface area (Å²) in [5, 5.41) is 3.91. The van der Waals surface area contributed by atoms with E-state index < -0.39 is 0 Å². The molecule has 1 aromatic carbocycles. The van der Waals surface area contributed by atoms with Crippen LogP contribution in [0.15, 0.2) is 28.8 Å². The number of rotatable bonds is 4. The number of ether oxygens (including phenoxy) is 1. The van der Waals surface area contributed by atoms with Gasteiger partial charge in [0.05, 0.1) is 11.3 Å². The van der Waals surface area contributed by atoms with Gasteiger partial charge in [0.15, 0.2) is 0 Å².